The van der Waals surface area contributed by atoms with Crippen molar-refractivity contribution < 1.29 is 0 Å². The molecule has 0 saturated carbocycles. The Hall–Kier alpha value is -2.62. The Morgan fingerprint density at radius 3 is 2.52 bits per heavy atom. The SMILES string of the molecule is CCc1ccccc1-c1cc2nc(N)nc(N)c2cc1C. The molecule has 1 aromatic heterocycles. The molecule has 0 atom stereocenters. The summed E-state index contributed by atoms with van der Waals surface area (Å²) in [5, 5.41) is 0.847. The van der Waals surface area contributed by atoms with Gasteiger partial charge in [-0.3, -0.25) is 0 Å². The van der Waals surface area contributed by atoms with Crippen LogP contribution in [0.25, 0.3) is 22.0 Å². The van der Waals surface area contributed by atoms with Gasteiger partial charge in [-0.1, -0.05) is 31.2 Å². The highest BCUT2D eigenvalue weighted by molar-refractivity contribution is 5.93. The van der Waals surface area contributed by atoms with E-state index in [1.807, 2.05) is 12.1 Å². The predicted molar refractivity (Wildman–Crippen MR) is 87.9 cm³/mol. The van der Waals surface area contributed by atoms with Gasteiger partial charge in [-0.2, -0.15) is 4.98 Å². The van der Waals surface area contributed by atoms with Crippen LogP contribution < -0.4 is 11.5 Å². The summed E-state index contributed by atoms with van der Waals surface area (Å²) in [4.78, 5) is 8.33. The summed E-state index contributed by atoms with van der Waals surface area (Å²) in [6.07, 6.45) is 0.988. The summed E-state index contributed by atoms with van der Waals surface area (Å²) in [6.45, 7) is 4.24. The molecule has 2 aromatic carbocycles. The topological polar surface area (TPSA) is 77.8 Å². The summed E-state index contributed by atoms with van der Waals surface area (Å²) in [5.41, 5.74) is 17.3. The fourth-order valence-corrected chi connectivity index (χ4v) is 2.71. The van der Waals surface area contributed by atoms with Crippen LogP contribution in [0.15, 0.2) is 36.4 Å². The lowest BCUT2D eigenvalue weighted by Gasteiger charge is -2.13. The van der Waals surface area contributed by atoms with Crippen molar-refractivity contribution in [3.63, 3.8) is 0 Å². The fraction of sp³-hybridized carbons (Fsp3) is 0.176. The molecule has 3 rings (SSSR count). The molecule has 0 aliphatic rings. The van der Waals surface area contributed by atoms with E-state index in [1.54, 1.807) is 0 Å². The number of aromatic nitrogens is 2. The van der Waals surface area contributed by atoms with Gasteiger partial charge in [0.05, 0.1) is 5.52 Å². The van der Waals surface area contributed by atoms with Crippen molar-refractivity contribution in [2.45, 2.75) is 20.3 Å². The lowest BCUT2D eigenvalue weighted by molar-refractivity contribution is 1.14. The molecule has 0 amide bonds. The van der Waals surface area contributed by atoms with Crippen molar-refractivity contribution in [2.24, 2.45) is 0 Å². The van der Waals surface area contributed by atoms with Gasteiger partial charge in [-0.25, -0.2) is 4.98 Å². The average Bonchev–Trinajstić information content (AvgIpc) is 2.47. The molecule has 0 saturated heterocycles. The van der Waals surface area contributed by atoms with Crippen molar-refractivity contribution in [2.75, 3.05) is 11.5 Å². The zero-order chi connectivity index (χ0) is 15.0. The van der Waals surface area contributed by atoms with Gasteiger partial charge in [0.1, 0.15) is 5.82 Å². The van der Waals surface area contributed by atoms with E-state index in [-0.39, 0.29) is 5.95 Å². The monoisotopic (exact) mass is 278 g/mol. The first-order valence-electron chi connectivity index (χ1n) is 7.01. The summed E-state index contributed by atoms with van der Waals surface area (Å²) in [6, 6.07) is 12.5. The van der Waals surface area contributed by atoms with Gasteiger partial charge < -0.3 is 11.5 Å². The Morgan fingerprint density at radius 2 is 1.76 bits per heavy atom. The number of hydrogen-bond donors (Lipinski definition) is 2. The highest BCUT2D eigenvalue weighted by Gasteiger charge is 2.11. The number of hydrogen-bond acceptors (Lipinski definition) is 4. The predicted octanol–water partition coefficient (Wildman–Crippen LogP) is 3.33. The first-order chi connectivity index (χ1) is 10.1. The van der Waals surface area contributed by atoms with Crippen LogP contribution in [-0.2, 0) is 6.42 Å². The molecule has 4 N–H and O–H groups in total. The number of nitrogens with zero attached hydrogens (tertiary/aromatic N) is 2. The van der Waals surface area contributed by atoms with Crippen LogP contribution in [0.3, 0.4) is 0 Å². The molecule has 0 aliphatic heterocycles. The summed E-state index contributed by atoms with van der Waals surface area (Å²) in [5.74, 6) is 0.634. The third-order valence-corrected chi connectivity index (χ3v) is 3.78. The Labute approximate surface area is 123 Å². The zero-order valence-corrected chi connectivity index (χ0v) is 12.2. The van der Waals surface area contributed by atoms with E-state index in [2.05, 4.69) is 48.1 Å². The standard InChI is InChI=1S/C17H18N4/c1-3-11-6-4-5-7-12(11)13-9-15-14(8-10(13)2)16(18)21-17(19)20-15/h4-9H,3H2,1-2H3,(H4,18,19,20,21). The normalized spacial score (nSPS) is 11.0. The Bertz CT molecular complexity index is 824. The maximum absolute atomic E-state index is 5.94. The van der Waals surface area contributed by atoms with Gasteiger partial charge in [-0.15, -0.1) is 0 Å². The van der Waals surface area contributed by atoms with Crippen molar-refractivity contribution >= 4 is 22.7 Å². The molecule has 106 valence electrons. The number of benzene rings is 2. The molecular formula is C17H18N4. The molecule has 0 fully saturated rings. The van der Waals surface area contributed by atoms with E-state index < -0.39 is 0 Å². The Morgan fingerprint density at radius 1 is 1.00 bits per heavy atom. The number of aryl methyl sites for hydroxylation is 2. The minimum absolute atomic E-state index is 0.207. The van der Waals surface area contributed by atoms with Crippen molar-refractivity contribution in [1.29, 1.82) is 0 Å². The zero-order valence-electron chi connectivity index (χ0n) is 12.2. The molecule has 4 heteroatoms. The molecule has 4 nitrogen and oxygen atoms in total. The van der Waals surface area contributed by atoms with Crippen molar-refractivity contribution in [3.05, 3.63) is 47.5 Å². The molecule has 0 radical (unpaired) electrons. The largest absolute Gasteiger partial charge is 0.383 e. The Kier molecular flexibility index (Phi) is 3.22. The second kappa shape index (κ2) is 5.05. The number of fused-ring (bicyclic) bond motifs is 1. The quantitative estimate of drug-likeness (QED) is 0.753. The Balaban J connectivity index is 2.31. The van der Waals surface area contributed by atoms with Crippen molar-refractivity contribution in [3.8, 4) is 11.1 Å². The van der Waals surface area contributed by atoms with Crippen LogP contribution >= 0.6 is 0 Å². The molecule has 1 heterocycles. The summed E-state index contributed by atoms with van der Waals surface area (Å²) >= 11 is 0. The molecule has 0 unspecified atom stereocenters. The molecule has 3 aromatic rings. The lowest BCUT2D eigenvalue weighted by atomic mass is 9.93. The van der Waals surface area contributed by atoms with E-state index in [0.717, 1.165) is 28.5 Å². The fourth-order valence-electron chi connectivity index (χ4n) is 2.71. The maximum Gasteiger partial charge on any atom is 0.222 e. The van der Waals surface area contributed by atoms with Crippen LogP contribution in [0.5, 0.6) is 0 Å². The van der Waals surface area contributed by atoms with Gasteiger partial charge in [0.25, 0.3) is 0 Å². The van der Waals surface area contributed by atoms with Gasteiger partial charge in [0.2, 0.25) is 5.95 Å². The van der Waals surface area contributed by atoms with Crippen LogP contribution in [0.1, 0.15) is 18.1 Å². The third kappa shape index (κ3) is 2.29. The van der Waals surface area contributed by atoms with Crippen LogP contribution in [-0.4, -0.2) is 9.97 Å². The van der Waals surface area contributed by atoms with Crippen LogP contribution in [0.2, 0.25) is 0 Å². The van der Waals surface area contributed by atoms with E-state index in [9.17, 15) is 0 Å². The van der Waals surface area contributed by atoms with Crippen LogP contribution in [0.4, 0.5) is 11.8 Å². The second-order valence-electron chi connectivity index (χ2n) is 5.16. The highest BCUT2D eigenvalue weighted by atomic mass is 15.0. The van der Waals surface area contributed by atoms with E-state index in [4.69, 9.17) is 11.5 Å². The van der Waals surface area contributed by atoms with Gasteiger partial charge >= 0.3 is 0 Å². The minimum Gasteiger partial charge on any atom is -0.383 e. The number of anilines is 2. The summed E-state index contributed by atoms with van der Waals surface area (Å²) in [7, 11) is 0. The first-order valence-corrected chi connectivity index (χ1v) is 7.01. The number of rotatable bonds is 2. The molecule has 21 heavy (non-hydrogen) atoms. The molecule has 0 aliphatic carbocycles. The third-order valence-electron chi connectivity index (χ3n) is 3.78. The van der Waals surface area contributed by atoms with Gasteiger partial charge in [0, 0.05) is 5.39 Å². The second-order valence-corrected chi connectivity index (χ2v) is 5.16. The van der Waals surface area contributed by atoms with Crippen molar-refractivity contribution in [1.82, 2.24) is 9.97 Å². The van der Waals surface area contributed by atoms with Gasteiger partial charge in [0.15, 0.2) is 0 Å². The molecule has 0 bridgehead atoms. The van der Waals surface area contributed by atoms with Gasteiger partial charge in [-0.05, 0) is 47.7 Å². The smallest absolute Gasteiger partial charge is 0.222 e. The first kappa shape index (κ1) is 13.4. The summed E-state index contributed by atoms with van der Waals surface area (Å²) < 4.78 is 0. The number of nitrogens with two attached hydrogens (primary N) is 2. The van der Waals surface area contributed by atoms with Crippen LogP contribution in [0, 0.1) is 6.92 Å². The number of nitrogen functional groups attached to an aromatic ring is 2. The maximum atomic E-state index is 5.94. The van der Waals surface area contributed by atoms with E-state index in [0.29, 0.717) is 5.82 Å². The minimum atomic E-state index is 0.207. The van der Waals surface area contributed by atoms with E-state index >= 15 is 0 Å². The lowest BCUT2D eigenvalue weighted by Crippen LogP contribution is -2.01. The van der Waals surface area contributed by atoms with E-state index in [1.165, 1.54) is 11.1 Å². The molecule has 0 spiro atoms. The average molecular weight is 278 g/mol. The molecular weight excluding hydrogens is 260 g/mol. The highest BCUT2D eigenvalue weighted by Crippen LogP contribution is 2.32.